The lowest BCUT2D eigenvalue weighted by Gasteiger charge is -2.10. The molecule has 1 N–H and O–H groups in total. The average Bonchev–Trinajstić information content (AvgIpc) is 3.11. The maximum atomic E-state index is 12.9. The van der Waals surface area contributed by atoms with Crippen LogP contribution in [0.3, 0.4) is 0 Å². The summed E-state index contributed by atoms with van der Waals surface area (Å²) in [5, 5.41) is 7.64. The molecule has 0 fully saturated rings. The first-order valence-corrected chi connectivity index (χ1v) is 8.93. The third-order valence-corrected chi connectivity index (χ3v) is 4.37. The van der Waals surface area contributed by atoms with Gasteiger partial charge in [0.2, 0.25) is 5.91 Å². The number of hydrogen-bond donors (Lipinski definition) is 1. The Bertz CT molecular complexity index is 1040. The van der Waals surface area contributed by atoms with Gasteiger partial charge in [-0.15, -0.1) is 6.58 Å². The topological polar surface area (TPSA) is 85.3 Å². The molecular weight excluding hydrogens is 346 g/mol. The summed E-state index contributed by atoms with van der Waals surface area (Å²) < 4.78 is 8.78. The van der Waals surface area contributed by atoms with Crippen LogP contribution in [0.1, 0.15) is 12.2 Å². The molecule has 3 rings (SSSR count). The van der Waals surface area contributed by atoms with Crippen LogP contribution < -0.4 is 10.9 Å². The molecule has 144 valence electrons. The molecule has 0 spiro atoms. The van der Waals surface area contributed by atoms with E-state index in [2.05, 4.69) is 21.9 Å². The third-order valence-electron chi connectivity index (χ3n) is 4.37. The number of nitrogens with one attached hydrogen (secondary N) is 1. The van der Waals surface area contributed by atoms with Crippen LogP contribution in [-0.2, 0) is 17.9 Å². The molecule has 1 amide bonds. The van der Waals surface area contributed by atoms with Crippen LogP contribution in [0.2, 0.25) is 0 Å². The van der Waals surface area contributed by atoms with Gasteiger partial charge in [0.1, 0.15) is 17.8 Å². The summed E-state index contributed by atoms with van der Waals surface area (Å²) >= 11 is 0. The highest BCUT2D eigenvalue weighted by atomic mass is 16.3. The Morgan fingerprint density at radius 3 is 2.93 bits per heavy atom. The fourth-order valence-corrected chi connectivity index (χ4v) is 3.17. The number of nitrogens with zero attached hydrogens (tertiary/aromatic N) is 4. The number of allylic oxidation sites excluding steroid dienone is 1. The summed E-state index contributed by atoms with van der Waals surface area (Å²) in [7, 11) is 3.97. The molecule has 27 heavy (non-hydrogen) atoms. The zero-order valence-electron chi connectivity index (χ0n) is 16.0. The van der Waals surface area contributed by atoms with Gasteiger partial charge in [-0.1, -0.05) is 6.08 Å². The van der Waals surface area contributed by atoms with Crippen LogP contribution in [0.25, 0.3) is 22.0 Å². The van der Waals surface area contributed by atoms with Gasteiger partial charge < -0.3 is 19.2 Å². The van der Waals surface area contributed by atoms with Gasteiger partial charge in [-0.2, -0.15) is 5.10 Å². The Labute approximate surface area is 157 Å². The minimum atomic E-state index is -0.318. The highest BCUT2D eigenvalue weighted by Gasteiger charge is 2.19. The van der Waals surface area contributed by atoms with Gasteiger partial charge in [-0.05, 0) is 34.0 Å². The lowest BCUT2D eigenvalue weighted by Crippen LogP contribution is -2.35. The molecule has 0 atom stereocenters. The van der Waals surface area contributed by atoms with E-state index in [1.54, 1.807) is 12.3 Å². The average molecular weight is 371 g/mol. The Hall–Kier alpha value is -2.87. The van der Waals surface area contributed by atoms with Crippen LogP contribution >= 0.6 is 0 Å². The molecule has 3 heterocycles. The number of amides is 1. The van der Waals surface area contributed by atoms with E-state index < -0.39 is 0 Å². The van der Waals surface area contributed by atoms with E-state index in [1.807, 2.05) is 31.7 Å². The van der Waals surface area contributed by atoms with Crippen molar-refractivity contribution in [3.8, 4) is 0 Å². The number of furan rings is 1. The van der Waals surface area contributed by atoms with Crippen LogP contribution in [-0.4, -0.2) is 52.3 Å². The highest BCUT2D eigenvalue weighted by Crippen LogP contribution is 2.29. The van der Waals surface area contributed by atoms with Crippen LogP contribution in [0.5, 0.6) is 0 Å². The number of carbonyl (C=O) groups excluding carboxylic acids is 1. The van der Waals surface area contributed by atoms with Crippen LogP contribution in [0.15, 0.2) is 34.1 Å². The van der Waals surface area contributed by atoms with E-state index in [-0.39, 0.29) is 18.0 Å². The second kappa shape index (κ2) is 7.79. The number of fused-ring (bicyclic) bond motifs is 3. The largest absolute Gasteiger partial charge is 0.459 e. The van der Waals surface area contributed by atoms with Crippen molar-refractivity contribution >= 4 is 27.9 Å². The molecule has 3 aromatic rings. The van der Waals surface area contributed by atoms with E-state index >= 15 is 0 Å². The van der Waals surface area contributed by atoms with Crippen molar-refractivity contribution in [2.24, 2.45) is 0 Å². The summed E-state index contributed by atoms with van der Waals surface area (Å²) in [6, 6.07) is 1.89. The first-order valence-electron chi connectivity index (χ1n) is 8.93. The molecule has 0 radical (unpaired) electrons. The number of rotatable bonds is 8. The van der Waals surface area contributed by atoms with E-state index in [0.29, 0.717) is 29.6 Å². The molecular formula is C19H25N5O3. The normalized spacial score (nSPS) is 11.6. The van der Waals surface area contributed by atoms with Gasteiger partial charge in [0, 0.05) is 19.2 Å². The number of hydrogen-bond acceptors (Lipinski definition) is 5. The monoisotopic (exact) mass is 371 g/mol. The molecule has 8 nitrogen and oxygen atoms in total. The molecule has 0 aromatic carbocycles. The summed E-state index contributed by atoms with van der Waals surface area (Å²) in [6.45, 7) is 7.43. The smallest absolute Gasteiger partial charge is 0.291 e. The van der Waals surface area contributed by atoms with E-state index in [1.165, 1.54) is 4.68 Å². The number of aryl methyl sites for hydroxylation is 1. The fourth-order valence-electron chi connectivity index (χ4n) is 3.17. The second-order valence-electron chi connectivity index (χ2n) is 6.85. The SMILES string of the molecule is C=CCn1c2cc(C)oc2c2cnn(CC(=O)NCCCN(C)C)c(=O)c21. The van der Waals surface area contributed by atoms with E-state index in [4.69, 9.17) is 4.42 Å². The number of aromatic nitrogens is 3. The number of carbonyl (C=O) groups is 1. The Morgan fingerprint density at radius 1 is 1.44 bits per heavy atom. The molecule has 0 saturated heterocycles. The minimum absolute atomic E-state index is 0.115. The summed E-state index contributed by atoms with van der Waals surface area (Å²) in [5.41, 5.74) is 1.61. The Morgan fingerprint density at radius 2 is 2.22 bits per heavy atom. The van der Waals surface area contributed by atoms with Crippen molar-refractivity contribution in [2.75, 3.05) is 27.2 Å². The minimum Gasteiger partial charge on any atom is -0.459 e. The van der Waals surface area contributed by atoms with Crippen LogP contribution in [0.4, 0.5) is 0 Å². The lowest BCUT2D eigenvalue weighted by molar-refractivity contribution is -0.121. The maximum absolute atomic E-state index is 12.9. The van der Waals surface area contributed by atoms with Gasteiger partial charge in [-0.25, -0.2) is 4.68 Å². The summed E-state index contributed by atoms with van der Waals surface area (Å²) in [4.78, 5) is 27.2. The summed E-state index contributed by atoms with van der Waals surface area (Å²) in [5.74, 6) is 0.532. The Balaban J connectivity index is 1.88. The standard InChI is InChI=1S/C19H25N5O3/c1-5-8-23-15-10-13(2)27-18(15)14-11-21-24(19(26)17(14)23)12-16(25)20-7-6-9-22(3)4/h5,10-11H,1,6-9,12H2,2-4H3,(H,20,25). The Kier molecular flexibility index (Phi) is 5.46. The predicted octanol–water partition coefficient (Wildman–Crippen LogP) is 1.51. The van der Waals surface area contributed by atoms with Gasteiger partial charge in [-0.3, -0.25) is 9.59 Å². The van der Waals surface area contributed by atoms with Crippen molar-refractivity contribution in [1.82, 2.24) is 24.6 Å². The molecule has 0 bridgehead atoms. The summed E-state index contributed by atoms with van der Waals surface area (Å²) in [6.07, 6.45) is 4.15. The predicted molar refractivity (Wildman–Crippen MR) is 105 cm³/mol. The van der Waals surface area contributed by atoms with Crippen molar-refractivity contribution in [3.63, 3.8) is 0 Å². The molecule has 8 heteroatoms. The molecule has 3 aromatic heterocycles. The lowest BCUT2D eigenvalue weighted by atomic mass is 10.3. The zero-order chi connectivity index (χ0) is 19.6. The maximum Gasteiger partial charge on any atom is 0.291 e. The first kappa shape index (κ1) is 18.9. The second-order valence-corrected chi connectivity index (χ2v) is 6.85. The van der Waals surface area contributed by atoms with Gasteiger partial charge in [0.05, 0.1) is 17.1 Å². The molecule has 0 aliphatic rings. The third kappa shape index (κ3) is 3.80. The zero-order valence-corrected chi connectivity index (χ0v) is 16.0. The van der Waals surface area contributed by atoms with Crippen molar-refractivity contribution in [1.29, 1.82) is 0 Å². The van der Waals surface area contributed by atoms with Gasteiger partial charge in [0.25, 0.3) is 5.56 Å². The van der Waals surface area contributed by atoms with Crippen LogP contribution in [0, 0.1) is 6.92 Å². The van der Waals surface area contributed by atoms with Crippen molar-refractivity contribution < 1.29 is 9.21 Å². The van der Waals surface area contributed by atoms with Gasteiger partial charge >= 0.3 is 0 Å². The van der Waals surface area contributed by atoms with Gasteiger partial charge in [0.15, 0.2) is 5.58 Å². The van der Waals surface area contributed by atoms with Crippen molar-refractivity contribution in [2.45, 2.75) is 26.4 Å². The van der Waals surface area contributed by atoms with E-state index in [9.17, 15) is 9.59 Å². The quantitative estimate of drug-likeness (QED) is 0.479. The highest BCUT2D eigenvalue weighted by molar-refractivity contribution is 6.04. The molecule has 0 saturated carbocycles. The first-order chi connectivity index (χ1) is 12.9. The van der Waals surface area contributed by atoms with E-state index in [0.717, 1.165) is 24.2 Å². The molecule has 0 unspecified atom stereocenters. The molecule has 0 aliphatic heterocycles. The fraction of sp³-hybridized carbons (Fsp3) is 0.421. The van der Waals surface area contributed by atoms with Crippen molar-refractivity contribution in [3.05, 3.63) is 41.0 Å². The molecule has 0 aliphatic carbocycles.